The fourth-order valence-corrected chi connectivity index (χ4v) is 5.23. The third-order valence-electron chi connectivity index (χ3n) is 7.01. The highest BCUT2D eigenvalue weighted by Gasteiger charge is 2.41. The molecule has 0 unspecified atom stereocenters. The maximum absolute atomic E-state index is 13.0. The fraction of sp³-hybridized carbons (Fsp3) is 0.233. The van der Waals surface area contributed by atoms with Gasteiger partial charge in [0, 0.05) is 36.7 Å². The second-order valence-corrected chi connectivity index (χ2v) is 9.78. The van der Waals surface area contributed by atoms with E-state index in [1.165, 1.54) is 11.1 Å². The van der Waals surface area contributed by atoms with Crippen molar-refractivity contribution in [3.63, 3.8) is 0 Å². The normalized spacial score (nSPS) is 16.8. The summed E-state index contributed by atoms with van der Waals surface area (Å²) in [4.78, 5) is 19.7. The Balaban J connectivity index is 1.45. The van der Waals surface area contributed by atoms with Gasteiger partial charge in [0.1, 0.15) is 5.75 Å². The standard InChI is InChI=1S/C30H31N5O2S/c1-20-13-14-22(19-21(20)2)34-17-8-11-25(34)29-28(24-10-6-7-16-31-24)33-30(38)35(29)18-15-27(36)32-23-9-4-5-12-26(23)37-3/h4-14,16-17,19,28-29H,15,18H2,1-3H3,(H,32,36)(H,33,38)/t28-,29+/m0/s1. The number of aromatic nitrogens is 2. The molecule has 4 aromatic rings. The van der Waals surface area contributed by atoms with Crippen LogP contribution in [0.3, 0.4) is 0 Å². The number of rotatable bonds is 8. The first-order chi connectivity index (χ1) is 18.5. The van der Waals surface area contributed by atoms with Gasteiger partial charge in [-0.2, -0.15) is 0 Å². The number of anilines is 1. The zero-order chi connectivity index (χ0) is 26.6. The van der Waals surface area contributed by atoms with Crippen LogP contribution in [0.15, 0.2) is 85.2 Å². The molecule has 194 valence electrons. The van der Waals surface area contributed by atoms with E-state index in [-0.39, 0.29) is 24.4 Å². The van der Waals surface area contributed by atoms with Crippen LogP contribution in [0.2, 0.25) is 0 Å². The molecule has 1 saturated heterocycles. The lowest BCUT2D eigenvalue weighted by molar-refractivity contribution is -0.116. The number of hydrogen-bond donors (Lipinski definition) is 2. The minimum atomic E-state index is -0.166. The van der Waals surface area contributed by atoms with E-state index < -0.39 is 0 Å². The number of thiocarbonyl (C=S) groups is 1. The predicted octanol–water partition coefficient (Wildman–Crippen LogP) is 5.50. The number of nitrogens with zero attached hydrogens (tertiary/aromatic N) is 3. The number of carbonyl (C=O) groups is 1. The van der Waals surface area contributed by atoms with Crippen molar-refractivity contribution in [1.82, 2.24) is 19.8 Å². The van der Waals surface area contributed by atoms with Gasteiger partial charge < -0.3 is 24.8 Å². The van der Waals surface area contributed by atoms with Crippen LogP contribution in [0.4, 0.5) is 5.69 Å². The lowest BCUT2D eigenvalue weighted by Crippen LogP contribution is -2.33. The summed E-state index contributed by atoms with van der Waals surface area (Å²) in [6, 6.07) is 23.6. The lowest BCUT2D eigenvalue weighted by atomic mass is 10.0. The highest BCUT2D eigenvalue weighted by molar-refractivity contribution is 7.80. The zero-order valence-corrected chi connectivity index (χ0v) is 22.5. The molecule has 2 atom stereocenters. The average molecular weight is 526 g/mol. The molecule has 2 aromatic carbocycles. The van der Waals surface area contributed by atoms with Crippen LogP contribution in [-0.4, -0.2) is 39.1 Å². The number of methoxy groups -OCH3 is 1. The van der Waals surface area contributed by atoms with Crippen molar-refractivity contribution in [2.24, 2.45) is 0 Å². The molecule has 1 amide bonds. The molecule has 0 radical (unpaired) electrons. The quantitative estimate of drug-likeness (QED) is 0.296. The van der Waals surface area contributed by atoms with Crippen molar-refractivity contribution in [2.75, 3.05) is 19.0 Å². The molecule has 2 aromatic heterocycles. The third kappa shape index (κ3) is 5.13. The first-order valence-corrected chi connectivity index (χ1v) is 13.0. The number of carbonyl (C=O) groups excluding carboxylic acids is 1. The van der Waals surface area contributed by atoms with E-state index in [1.807, 2.05) is 48.5 Å². The van der Waals surface area contributed by atoms with Crippen molar-refractivity contribution in [2.45, 2.75) is 32.4 Å². The van der Waals surface area contributed by atoms with Gasteiger partial charge in [-0.15, -0.1) is 0 Å². The van der Waals surface area contributed by atoms with E-state index in [2.05, 4.69) is 69.4 Å². The second kappa shape index (κ2) is 11.1. The average Bonchev–Trinajstić information content (AvgIpc) is 3.54. The number of ether oxygens (including phenoxy) is 1. The number of amides is 1. The number of pyridine rings is 1. The van der Waals surface area contributed by atoms with Crippen LogP contribution in [0, 0.1) is 13.8 Å². The van der Waals surface area contributed by atoms with Gasteiger partial charge in [-0.05, 0) is 85.7 Å². The molecule has 1 aliphatic heterocycles. The molecule has 3 heterocycles. The van der Waals surface area contributed by atoms with Crippen LogP contribution < -0.4 is 15.4 Å². The maximum Gasteiger partial charge on any atom is 0.226 e. The monoisotopic (exact) mass is 525 g/mol. The van der Waals surface area contributed by atoms with E-state index >= 15 is 0 Å². The smallest absolute Gasteiger partial charge is 0.226 e. The molecule has 0 saturated carbocycles. The molecule has 7 nitrogen and oxygen atoms in total. The molecule has 5 rings (SSSR count). The molecule has 0 spiro atoms. The Morgan fingerprint density at radius 3 is 2.63 bits per heavy atom. The summed E-state index contributed by atoms with van der Waals surface area (Å²) < 4.78 is 7.57. The van der Waals surface area contributed by atoms with Gasteiger partial charge in [-0.3, -0.25) is 9.78 Å². The molecule has 1 fully saturated rings. The predicted molar refractivity (Wildman–Crippen MR) is 154 cm³/mol. The van der Waals surface area contributed by atoms with E-state index in [1.54, 1.807) is 13.3 Å². The molecule has 38 heavy (non-hydrogen) atoms. The minimum Gasteiger partial charge on any atom is -0.495 e. The Morgan fingerprint density at radius 2 is 1.87 bits per heavy atom. The Morgan fingerprint density at radius 1 is 1.05 bits per heavy atom. The van der Waals surface area contributed by atoms with E-state index in [0.29, 0.717) is 23.1 Å². The summed E-state index contributed by atoms with van der Waals surface area (Å²) in [6.07, 6.45) is 4.13. The van der Waals surface area contributed by atoms with Crippen molar-refractivity contribution in [3.05, 3.63) is 108 Å². The highest BCUT2D eigenvalue weighted by atomic mass is 32.1. The van der Waals surface area contributed by atoms with Gasteiger partial charge in [-0.1, -0.05) is 24.3 Å². The van der Waals surface area contributed by atoms with Gasteiger partial charge >= 0.3 is 0 Å². The van der Waals surface area contributed by atoms with Gasteiger partial charge in [-0.25, -0.2) is 0 Å². The molecule has 8 heteroatoms. The third-order valence-corrected chi connectivity index (χ3v) is 7.36. The Kier molecular flexibility index (Phi) is 7.42. The van der Waals surface area contributed by atoms with Crippen molar-refractivity contribution in [3.8, 4) is 11.4 Å². The molecule has 2 N–H and O–H groups in total. The van der Waals surface area contributed by atoms with E-state index in [4.69, 9.17) is 17.0 Å². The summed E-state index contributed by atoms with van der Waals surface area (Å²) >= 11 is 5.81. The molecule has 1 aliphatic rings. The Bertz CT molecular complexity index is 1450. The minimum absolute atomic E-state index is 0.109. The van der Waals surface area contributed by atoms with Crippen LogP contribution >= 0.6 is 12.2 Å². The number of nitrogens with one attached hydrogen (secondary N) is 2. The summed E-state index contributed by atoms with van der Waals surface area (Å²) in [7, 11) is 1.59. The van der Waals surface area contributed by atoms with E-state index in [9.17, 15) is 4.79 Å². The van der Waals surface area contributed by atoms with E-state index in [0.717, 1.165) is 17.1 Å². The number of benzene rings is 2. The van der Waals surface area contributed by atoms with Gasteiger partial charge in [0.15, 0.2) is 5.11 Å². The van der Waals surface area contributed by atoms with Gasteiger partial charge in [0.05, 0.1) is 30.6 Å². The fourth-order valence-electron chi connectivity index (χ4n) is 4.90. The largest absolute Gasteiger partial charge is 0.495 e. The molecular formula is C30H31N5O2S. The number of para-hydroxylation sites is 2. The number of hydrogen-bond acceptors (Lipinski definition) is 4. The zero-order valence-electron chi connectivity index (χ0n) is 21.7. The van der Waals surface area contributed by atoms with Crippen molar-refractivity contribution in [1.29, 1.82) is 0 Å². The van der Waals surface area contributed by atoms with Crippen molar-refractivity contribution >= 4 is 28.9 Å². The lowest BCUT2D eigenvalue weighted by Gasteiger charge is -2.29. The van der Waals surface area contributed by atoms with Gasteiger partial charge in [0.25, 0.3) is 0 Å². The highest BCUT2D eigenvalue weighted by Crippen LogP contribution is 2.39. The summed E-state index contributed by atoms with van der Waals surface area (Å²) in [5.41, 5.74) is 6.18. The summed E-state index contributed by atoms with van der Waals surface area (Å²) in [6.45, 7) is 4.68. The summed E-state index contributed by atoms with van der Waals surface area (Å²) in [5.74, 6) is 0.514. The molecule has 0 bridgehead atoms. The Labute approximate surface area is 228 Å². The number of aryl methyl sites for hydroxylation is 2. The first-order valence-electron chi connectivity index (χ1n) is 12.6. The van der Waals surface area contributed by atoms with Crippen LogP contribution in [0.1, 0.15) is 41.0 Å². The Hall–Kier alpha value is -4.17. The molecule has 0 aliphatic carbocycles. The first kappa shape index (κ1) is 25.5. The topological polar surface area (TPSA) is 71.4 Å². The molecular weight excluding hydrogens is 494 g/mol. The van der Waals surface area contributed by atoms with Crippen LogP contribution in [0.25, 0.3) is 5.69 Å². The van der Waals surface area contributed by atoms with Crippen LogP contribution in [0.5, 0.6) is 5.75 Å². The SMILES string of the molecule is COc1ccccc1NC(=O)CCN1C(=S)N[C@@H](c2ccccn2)[C@H]1c1cccn1-c1ccc(C)c(C)c1. The van der Waals surface area contributed by atoms with Crippen molar-refractivity contribution < 1.29 is 9.53 Å². The maximum atomic E-state index is 13.0. The second-order valence-electron chi connectivity index (χ2n) is 9.39. The van der Waals surface area contributed by atoms with Crippen LogP contribution in [-0.2, 0) is 4.79 Å². The summed E-state index contributed by atoms with van der Waals surface area (Å²) in [5, 5.41) is 7.05. The van der Waals surface area contributed by atoms with Gasteiger partial charge in [0.2, 0.25) is 5.91 Å².